The van der Waals surface area contributed by atoms with E-state index in [1.807, 2.05) is 0 Å². The molecule has 18 heavy (non-hydrogen) atoms. The van der Waals surface area contributed by atoms with Crippen molar-refractivity contribution in [1.82, 2.24) is 0 Å². The second-order valence-corrected chi connectivity index (χ2v) is 5.48. The van der Waals surface area contributed by atoms with Crippen molar-refractivity contribution in [2.75, 3.05) is 0 Å². The number of Topliss-reactive ketones (excluding diaryl/α,β-unsaturated/α-hetero) is 1. The number of ketones is 1. The highest BCUT2D eigenvalue weighted by Crippen LogP contribution is 2.34. The first-order valence-electron chi connectivity index (χ1n) is 6.97. The standard InChI is InChI=1S/C15H25NO2/c1-3-4-9-13(15(16)18)14(11(2)17)10-12-7-5-6-8-12/h3,12-14H,1,4-10H2,2H3,(H2,16,18)/t13-,14?/m0/s1. The smallest absolute Gasteiger partial charge is 0.221 e. The van der Waals surface area contributed by atoms with Crippen LogP contribution in [0.1, 0.15) is 51.9 Å². The molecule has 1 saturated carbocycles. The van der Waals surface area contributed by atoms with Crippen molar-refractivity contribution in [2.45, 2.75) is 51.9 Å². The molecule has 0 aromatic rings. The quantitative estimate of drug-likeness (QED) is 0.674. The van der Waals surface area contributed by atoms with E-state index >= 15 is 0 Å². The van der Waals surface area contributed by atoms with Gasteiger partial charge in [0, 0.05) is 11.8 Å². The van der Waals surface area contributed by atoms with Crippen LogP contribution in [0.4, 0.5) is 0 Å². The number of rotatable bonds is 8. The summed E-state index contributed by atoms with van der Waals surface area (Å²) in [7, 11) is 0. The molecular formula is C15H25NO2. The normalized spacial score (nSPS) is 19.4. The Hall–Kier alpha value is -1.12. The van der Waals surface area contributed by atoms with Crippen LogP contribution in [0.5, 0.6) is 0 Å². The summed E-state index contributed by atoms with van der Waals surface area (Å²) < 4.78 is 0. The summed E-state index contributed by atoms with van der Waals surface area (Å²) in [5.74, 6) is -0.138. The topological polar surface area (TPSA) is 60.2 Å². The summed E-state index contributed by atoms with van der Waals surface area (Å²) >= 11 is 0. The lowest BCUT2D eigenvalue weighted by molar-refractivity contribution is -0.131. The molecule has 1 aliphatic rings. The van der Waals surface area contributed by atoms with Gasteiger partial charge in [-0.3, -0.25) is 9.59 Å². The van der Waals surface area contributed by atoms with Gasteiger partial charge in [0.25, 0.3) is 0 Å². The van der Waals surface area contributed by atoms with Crippen molar-refractivity contribution in [2.24, 2.45) is 23.5 Å². The number of allylic oxidation sites excluding steroid dienone is 1. The molecule has 1 amide bonds. The van der Waals surface area contributed by atoms with Gasteiger partial charge in [0.1, 0.15) is 5.78 Å². The van der Waals surface area contributed by atoms with Gasteiger partial charge in [-0.1, -0.05) is 31.8 Å². The van der Waals surface area contributed by atoms with E-state index < -0.39 is 0 Å². The summed E-state index contributed by atoms with van der Waals surface area (Å²) in [5, 5.41) is 0. The van der Waals surface area contributed by atoms with Gasteiger partial charge in [-0.05, 0) is 32.1 Å². The van der Waals surface area contributed by atoms with Gasteiger partial charge >= 0.3 is 0 Å². The van der Waals surface area contributed by atoms with Gasteiger partial charge in [0.15, 0.2) is 0 Å². The molecule has 3 heteroatoms. The second-order valence-electron chi connectivity index (χ2n) is 5.48. The predicted molar refractivity (Wildman–Crippen MR) is 72.9 cm³/mol. The average molecular weight is 251 g/mol. The summed E-state index contributed by atoms with van der Waals surface area (Å²) in [6.07, 6.45) is 8.89. The first kappa shape index (κ1) is 14.9. The molecule has 1 aliphatic carbocycles. The lowest BCUT2D eigenvalue weighted by atomic mass is 9.79. The fourth-order valence-electron chi connectivity index (χ4n) is 3.06. The van der Waals surface area contributed by atoms with E-state index in [0.717, 1.165) is 12.8 Å². The summed E-state index contributed by atoms with van der Waals surface area (Å²) in [5.41, 5.74) is 5.46. The SMILES string of the molecule is C=CCC[C@H](C(N)=O)C(CC1CCCC1)C(C)=O. The van der Waals surface area contributed by atoms with Gasteiger partial charge in [-0.15, -0.1) is 6.58 Å². The van der Waals surface area contributed by atoms with Crippen LogP contribution in [0.3, 0.4) is 0 Å². The average Bonchev–Trinajstić information content (AvgIpc) is 2.80. The Balaban J connectivity index is 2.68. The van der Waals surface area contributed by atoms with Crippen LogP contribution in [0, 0.1) is 17.8 Å². The second kappa shape index (κ2) is 7.34. The lowest BCUT2D eigenvalue weighted by Gasteiger charge is -2.24. The van der Waals surface area contributed by atoms with Crippen LogP contribution < -0.4 is 5.73 Å². The molecule has 1 rings (SSSR count). The predicted octanol–water partition coefficient (Wildman–Crippen LogP) is 2.84. The van der Waals surface area contributed by atoms with E-state index in [-0.39, 0.29) is 23.5 Å². The fraction of sp³-hybridized carbons (Fsp3) is 0.733. The number of hydrogen-bond donors (Lipinski definition) is 1. The highest BCUT2D eigenvalue weighted by Gasteiger charge is 2.32. The Kier molecular flexibility index (Phi) is 6.10. The molecule has 102 valence electrons. The maximum atomic E-state index is 11.8. The van der Waals surface area contributed by atoms with Crippen molar-refractivity contribution in [3.63, 3.8) is 0 Å². The number of carbonyl (C=O) groups is 2. The molecule has 2 atom stereocenters. The van der Waals surface area contributed by atoms with Crippen LogP contribution in [0.2, 0.25) is 0 Å². The number of primary amides is 1. The van der Waals surface area contributed by atoms with Gasteiger partial charge in [-0.2, -0.15) is 0 Å². The lowest BCUT2D eigenvalue weighted by Crippen LogP contribution is -2.34. The minimum atomic E-state index is -0.338. The Morgan fingerprint density at radius 1 is 1.33 bits per heavy atom. The third-order valence-electron chi connectivity index (χ3n) is 4.12. The maximum absolute atomic E-state index is 11.8. The number of hydrogen-bond acceptors (Lipinski definition) is 2. The van der Waals surface area contributed by atoms with E-state index in [0.29, 0.717) is 12.3 Å². The number of amides is 1. The molecule has 2 N–H and O–H groups in total. The molecule has 0 aromatic carbocycles. The molecule has 0 heterocycles. The minimum Gasteiger partial charge on any atom is -0.369 e. The Bertz CT molecular complexity index is 306. The van der Waals surface area contributed by atoms with Crippen LogP contribution in [-0.4, -0.2) is 11.7 Å². The van der Waals surface area contributed by atoms with Gasteiger partial charge in [0.05, 0.1) is 0 Å². The van der Waals surface area contributed by atoms with Crippen molar-refractivity contribution >= 4 is 11.7 Å². The molecule has 0 radical (unpaired) electrons. The van der Waals surface area contributed by atoms with Crippen LogP contribution >= 0.6 is 0 Å². The van der Waals surface area contributed by atoms with Gasteiger partial charge < -0.3 is 5.73 Å². The van der Waals surface area contributed by atoms with Crippen molar-refractivity contribution in [3.05, 3.63) is 12.7 Å². The highest BCUT2D eigenvalue weighted by atomic mass is 16.1. The van der Waals surface area contributed by atoms with E-state index in [2.05, 4.69) is 6.58 Å². The largest absolute Gasteiger partial charge is 0.369 e. The highest BCUT2D eigenvalue weighted by molar-refractivity contribution is 5.86. The van der Waals surface area contributed by atoms with Crippen LogP contribution in [0.25, 0.3) is 0 Å². The molecule has 0 aliphatic heterocycles. The molecule has 1 fully saturated rings. The Morgan fingerprint density at radius 3 is 2.39 bits per heavy atom. The van der Waals surface area contributed by atoms with E-state index in [1.54, 1.807) is 13.0 Å². The van der Waals surface area contributed by atoms with E-state index in [1.165, 1.54) is 25.7 Å². The summed E-state index contributed by atoms with van der Waals surface area (Å²) in [6, 6.07) is 0. The van der Waals surface area contributed by atoms with Gasteiger partial charge in [0.2, 0.25) is 5.91 Å². The zero-order chi connectivity index (χ0) is 13.5. The van der Waals surface area contributed by atoms with Crippen molar-refractivity contribution < 1.29 is 9.59 Å². The molecule has 3 nitrogen and oxygen atoms in total. The third kappa shape index (κ3) is 4.28. The Morgan fingerprint density at radius 2 is 1.94 bits per heavy atom. The minimum absolute atomic E-state index is 0.106. The summed E-state index contributed by atoms with van der Waals surface area (Å²) in [6.45, 7) is 5.25. The van der Waals surface area contributed by atoms with Gasteiger partial charge in [-0.25, -0.2) is 0 Å². The Labute approximate surface area is 110 Å². The molecule has 0 saturated heterocycles. The molecule has 0 bridgehead atoms. The third-order valence-corrected chi connectivity index (χ3v) is 4.12. The van der Waals surface area contributed by atoms with Crippen molar-refractivity contribution in [3.8, 4) is 0 Å². The van der Waals surface area contributed by atoms with Crippen LogP contribution in [0.15, 0.2) is 12.7 Å². The monoisotopic (exact) mass is 251 g/mol. The van der Waals surface area contributed by atoms with E-state index in [9.17, 15) is 9.59 Å². The number of carbonyl (C=O) groups excluding carboxylic acids is 2. The van der Waals surface area contributed by atoms with Crippen LogP contribution in [-0.2, 0) is 9.59 Å². The summed E-state index contributed by atoms with van der Waals surface area (Å²) in [4.78, 5) is 23.4. The fourth-order valence-corrected chi connectivity index (χ4v) is 3.06. The maximum Gasteiger partial charge on any atom is 0.221 e. The molecule has 1 unspecified atom stereocenters. The van der Waals surface area contributed by atoms with E-state index in [4.69, 9.17) is 5.73 Å². The molecular weight excluding hydrogens is 226 g/mol. The number of nitrogens with two attached hydrogens (primary N) is 1. The molecule has 0 aromatic heterocycles. The zero-order valence-corrected chi connectivity index (χ0v) is 11.4. The first-order valence-corrected chi connectivity index (χ1v) is 6.97. The molecule has 0 spiro atoms. The van der Waals surface area contributed by atoms with Crippen molar-refractivity contribution in [1.29, 1.82) is 0 Å². The first-order chi connectivity index (χ1) is 8.56. The zero-order valence-electron chi connectivity index (χ0n) is 11.4.